The summed E-state index contributed by atoms with van der Waals surface area (Å²) in [5, 5.41) is 0. The van der Waals surface area contributed by atoms with Crippen molar-refractivity contribution in [3.63, 3.8) is 0 Å². The molecule has 0 aromatic heterocycles. The molecule has 2 rings (SSSR count). The van der Waals surface area contributed by atoms with Crippen molar-refractivity contribution in [2.75, 3.05) is 20.1 Å². The molecule has 0 amide bonds. The molecule has 0 unspecified atom stereocenters. The maximum absolute atomic E-state index is 5.53. The third-order valence-electron chi connectivity index (χ3n) is 3.13. The zero-order valence-corrected chi connectivity index (χ0v) is 9.50. The summed E-state index contributed by atoms with van der Waals surface area (Å²) in [6.07, 6.45) is 3.87. The van der Waals surface area contributed by atoms with Crippen LogP contribution in [0, 0.1) is 0 Å². The van der Waals surface area contributed by atoms with Crippen molar-refractivity contribution in [1.82, 2.24) is 4.90 Å². The maximum Gasteiger partial charge on any atom is 0.0231 e. The normalized spacial score (nSPS) is 14.6. The predicted octanol–water partition coefficient (Wildman–Crippen LogP) is 1.57. The molecule has 0 saturated heterocycles. The molecular formula is C13H20N2. The van der Waals surface area contributed by atoms with Gasteiger partial charge in [-0.1, -0.05) is 18.2 Å². The first-order valence-electron chi connectivity index (χ1n) is 5.79. The first-order chi connectivity index (χ1) is 7.29. The van der Waals surface area contributed by atoms with Gasteiger partial charge >= 0.3 is 0 Å². The summed E-state index contributed by atoms with van der Waals surface area (Å²) in [6.45, 7) is 2.73. The number of nitrogens with zero attached hydrogens (tertiary/aromatic N) is 1. The maximum atomic E-state index is 5.53. The topological polar surface area (TPSA) is 29.3 Å². The van der Waals surface area contributed by atoms with Gasteiger partial charge in [0.2, 0.25) is 0 Å². The zero-order valence-electron chi connectivity index (χ0n) is 9.50. The molecule has 1 aliphatic carbocycles. The number of aryl methyl sites for hydroxylation is 2. The number of hydrogen-bond acceptors (Lipinski definition) is 2. The minimum atomic E-state index is 0.738. The van der Waals surface area contributed by atoms with E-state index in [1.807, 2.05) is 0 Å². The molecule has 15 heavy (non-hydrogen) atoms. The van der Waals surface area contributed by atoms with Crippen LogP contribution in [-0.2, 0) is 19.4 Å². The minimum Gasteiger partial charge on any atom is -0.329 e. The van der Waals surface area contributed by atoms with E-state index in [0.29, 0.717) is 0 Å². The lowest BCUT2D eigenvalue weighted by atomic mass is 10.1. The first-order valence-corrected chi connectivity index (χ1v) is 5.79. The Labute approximate surface area is 92.1 Å². The number of rotatable bonds is 4. The number of likely N-dealkylation sites (N-methyl/N-ethyl adjacent to an activating group) is 1. The highest BCUT2D eigenvalue weighted by Crippen LogP contribution is 2.23. The summed E-state index contributed by atoms with van der Waals surface area (Å²) >= 11 is 0. The van der Waals surface area contributed by atoms with Crippen molar-refractivity contribution in [2.24, 2.45) is 5.73 Å². The predicted molar refractivity (Wildman–Crippen MR) is 63.9 cm³/mol. The molecule has 1 aromatic carbocycles. The fraction of sp³-hybridized carbons (Fsp3) is 0.538. The highest BCUT2D eigenvalue weighted by Gasteiger charge is 2.11. The summed E-state index contributed by atoms with van der Waals surface area (Å²) in [4.78, 5) is 2.27. The van der Waals surface area contributed by atoms with E-state index in [1.54, 1.807) is 11.1 Å². The molecule has 1 aromatic rings. The fourth-order valence-electron chi connectivity index (χ4n) is 2.33. The summed E-state index contributed by atoms with van der Waals surface area (Å²) in [6, 6.07) is 6.93. The molecule has 0 spiro atoms. The van der Waals surface area contributed by atoms with Gasteiger partial charge in [0.1, 0.15) is 0 Å². The third kappa shape index (κ3) is 2.58. The van der Waals surface area contributed by atoms with Crippen molar-refractivity contribution in [3.8, 4) is 0 Å². The highest BCUT2D eigenvalue weighted by atomic mass is 15.1. The van der Waals surface area contributed by atoms with Crippen molar-refractivity contribution in [3.05, 3.63) is 34.9 Å². The van der Waals surface area contributed by atoms with Gasteiger partial charge < -0.3 is 10.6 Å². The molecule has 2 heteroatoms. The van der Waals surface area contributed by atoms with Crippen LogP contribution >= 0.6 is 0 Å². The van der Waals surface area contributed by atoms with Crippen LogP contribution in [-0.4, -0.2) is 25.0 Å². The van der Waals surface area contributed by atoms with Crippen LogP contribution < -0.4 is 5.73 Å². The van der Waals surface area contributed by atoms with Gasteiger partial charge in [0.25, 0.3) is 0 Å². The Morgan fingerprint density at radius 2 is 2.07 bits per heavy atom. The minimum absolute atomic E-state index is 0.738. The molecule has 2 N–H and O–H groups in total. The number of benzene rings is 1. The van der Waals surface area contributed by atoms with E-state index < -0.39 is 0 Å². The van der Waals surface area contributed by atoms with E-state index in [9.17, 15) is 0 Å². The van der Waals surface area contributed by atoms with Crippen LogP contribution in [0.4, 0.5) is 0 Å². The van der Waals surface area contributed by atoms with Gasteiger partial charge in [0, 0.05) is 19.6 Å². The van der Waals surface area contributed by atoms with Crippen LogP contribution in [0.3, 0.4) is 0 Å². The Morgan fingerprint density at radius 3 is 2.87 bits per heavy atom. The Kier molecular flexibility index (Phi) is 3.39. The molecule has 0 radical (unpaired) electrons. The van der Waals surface area contributed by atoms with Crippen LogP contribution in [0.25, 0.3) is 0 Å². The molecule has 0 saturated carbocycles. The smallest absolute Gasteiger partial charge is 0.0231 e. The van der Waals surface area contributed by atoms with Crippen LogP contribution in [0.1, 0.15) is 23.1 Å². The van der Waals surface area contributed by atoms with Crippen molar-refractivity contribution < 1.29 is 0 Å². The average Bonchev–Trinajstić information content (AvgIpc) is 2.65. The average molecular weight is 204 g/mol. The lowest BCUT2D eigenvalue weighted by Crippen LogP contribution is -2.24. The van der Waals surface area contributed by atoms with Gasteiger partial charge in [-0.3, -0.25) is 0 Å². The SMILES string of the molecule is CN(CCN)Cc1ccc2c(c1)CCC2. The number of nitrogens with two attached hydrogens (primary N) is 1. The van der Waals surface area contributed by atoms with Crippen LogP contribution in [0.15, 0.2) is 18.2 Å². The number of fused-ring (bicyclic) bond motifs is 1. The molecule has 0 bridgehead atoms. The summed E-state index contributed by atoms with van der Waals surface area (Å²) in [7, 11) is 2.13. The van der Waals surface area contributed by atoms with Gasteiger partial charge in [-0.25, -0.2) is 0 Å². The zero-order chi connectivity index (χ0) is 10.7. The lowest BCUT2D eigenvalue weighted by molar-refractivity contribution is 0.336. The van der Waals surface area contributed by atoms with Crippen LogP contribution in [0.2, 0.25) is 0 Å². The molecule has 0 atom stereocenters. The van der Waals surface area contributed by atoms with Gasteiger partial charge in [0.15, 0.2) is 0 Å². The Balaban J connectivity index is 2.03. The van der Waals surface area contributed by atoms with Gasteiger partial charge in [-0.05, 0) is 43.0 Å². The van der Waals surface area contributed by atoms with Gasteiger partial charge in [0.05, 0.1) is 0 Å². The Bertz CT molecular complexity index is 333. The molecule has 1 aliphatic rings. The van der Waals surface area contributed by atoms with E-state index in [4.69, 9.17) is 5.73 Å². The van der Waals surface area contributed by atoms with Crippen molar-refractivity contribution >= 4 is 0 Å². The van der Waals surface area contributed by atoms with E-state index >= 15 is 0 Å². The quantitative estimate of drug-likeness (QED) is 0.806. The molecule has 2 nitrogen and oxygen atoms in total. The Morgan fingerprint density at radius 1 is 1.27 bits per heavy atom. The molecule has 0 heterocycles. The van der Waals surface area contributed by atoms with Gasteiger partial charge in [-0.15, -0.1) is 0 Å². The third-order valence-corrected chi connectivity index (χ3v) is 3.13. The largest absolute Gasteiger partial charge is 0.329 e. The van der Waals surface area contributed by atoms with Crippen LogP contribution in [0.5, 0.6) is 0 Å². The summed E-state index contributed by atoms with van der Waals surface area (Å²) in [5.41, 5.74) is 10.1. The standard InChI is InChI=1S/C13H20N2/c1-15(8-7-14)10-11-5-6-12-3-2-4-13(12)9-11/h5-6,9H,2-4,7-8,10,14H2,1H3. The van der Waals surface area contributed by atoms with Crippen molar-refractivity contribution in [1.29, 1.82) is 0 Å². The molecule has 0 fully saturated rings. The highest BCUT2D eigenvalue weighted by molar-refractivity contribution is 5.35. The second-order valence-electron chi connectivity index (χ2n) is 4.48. The Hall–Kier alpha value is -0.860. The monoisotopic (exact) mass is 204 g/mol. The lowest BCUT2D eigenvalue weighted by Gasteiger charge is -2.15. The van der Waals surface area contributed by atoms with E-state index in [0.717, 1.165) is 19.6 Å². The summed E-state index contributed by atoms with van der Waals surface area (Å²) < 4.78 is 0. The second kappa shape index (κ2) is 4.77. The summed E-state index contributed by atoms with van der Waals surface area (Å²) in [5.74, 6) is 0. The van der Waals surface area contributed by atoms with E-state index in [2.05, 4.69) is 30.1 Å². The number of hydrogen-bond donors (Lipinski definition) is 1. The first kappa shape index (κ1) is 10.7. The molecular weight excluding hydrogens is 184 g/mol. The van der Waals surface area contributed by atoms with E-state index in [-0.39, 0.29) is 0 Å². The fourth-order valence-corrected chi connectivity index (χ4v) is 2.33. The van der Waals surface area contributed by atoms with Crippen molar-refractivity contribution in [2.45, 2.75) is 25.8 Å². The van der Waals surface area contributed by atoms with Gasteiger partial charge in [-0.2, -0.15) is 0 Å². The molecule has 0 aliphatic heterocycles. The molecule has 82 valence electrons. The second-order valence-corrected chi connectivity index (χ2v) is 4.48. The van der Waals surface area contributed by atoms with E-state index in [1.165, 1.54) is 24.8 Å².